The summed E-state index contributed by atoms with van der Waals surface area (Å²) in [5.74, 6) is -1.20. The van der Waals surface area contributed by atoms with E-state index in [1.165, 1.54) is 18.2 Å². The van der Waals surface area contributed by atoms with Crippen LogP contribution in [-0.4, -0.2) is 9.38 Å². The minimum Gasteiger partial charge on any atom is -0.306 e. The summed E-state index contributed by atoms with van der Waals surface area (Å²) in [4.78, 5) is 4.29. The lowest BCUT2D eigenvalue weighted by Gasteiger charge is -1.99. The van der Waals surface area contributed by atoms with Gasteiger partial charge in [0.25, 0.3) is 0 Å². The van der Waals surface area contributed by atoms with Gasteiger partial charge in [-0.1, -0.05) is 12.1 Å². The molecule has 0 spiro atoms. The van der Waals surface area contributed by atoms with E-state index in [0.717, 1.165) is 5.56 Å². The topological polar surface area (TPSA) is 17.3 Å². The van der Waals surface area contributed by atoms with E-state index < -0.39 is 11.6 Å². The molecule has 3 aromatic rings. The highest BCUT2D eigenvalue weighted by Crippen LogP contribution is 2.26. The maximum Gasteiger partial charge on any atom is 0.140 e. The maximum absolute atomic E-state index is 13.7. The zero-order valence-electron chi connectivity index (χ0n) is 9.69. The second kappa shape index (κ2) is 3.91. The monoisotopic (exact) mass is 244 g/mol. The van der Waals surface area contributed by atoms with Gasteiger partial charge >= 0.3 is 0 Å². The Hall–Kier alpha value is -2.23. The molecule has 0 aliphatic carbocycles. The van der Waals surface area contributed by atoms with Gasteiger partial charge in [-0.3, -0.25) is 0 Å². The standard InChI is InChI=1S/C14H10F2N2/c1-9-4-3-7-18-8-12(17-14(9)18)13-10(15)5-2-6-11(13)16/h2-8H,1H3. The molecular weight excluding hydrogens is 234 g/mol. The molecular formula is C14H10F2N2. The summed E-state index contributed by atoms with van der Waals surface area (Å²) in [5.41, 5.74) is 1.89. The van der Waals surface area contributed by atoms with Gasteiger partial charge in [0.2, 0.25) is 0 Å². The van der Waals surface area contributed by atoms with Crippen LogP contribution in [0.2, 0.25) is 0 Å². The Balaban J connectivity index is 2.30. The summed E-state index contributed by atoms with van der Waals surface area (Å²) in [6.45, 7) is 1.91. The Labute approximate surface area is 103 Å². The molecule has 4 heteroatoms. The Bertz CT molecular complexity index is 711. The molecule has 0 unspecified atom stereocenters. The number of rotatable bonds is 1. The van der Waals surface area contributed by atoms with Gasteiger partial charge in [-0.05, 0) is 30.7 Å². The highest BCUT2D eigenvalue weighted by atomic mass is 19.1. The number of halogens is 2. The maximum atomic E-state index is 13.7. The summed E-state index contributed by atoms with van der Waals surface area (Å²) in [6, 6.07) is 7.58. The van der Waals surface area contributed by atoms with E-state index in [2.05, 4.69) is 4.98 Å². The number of fused-ring (bicyclic) bond motifs is 1. The average molecular weight is 244 g/mol. The normalized spacial score (nSPS) is 11.1. The summed E-state index contributed by atoms with van der Waals surface area (Å²) < 4.78 is 29.1. The molecule has 0 aliphatic rings. The number of hydrogen-bond donors (Lipinski definition) is 0. The van der Waals surface area contributed by atoms with Crippen molar-refractivity contribution in [3.05, 3.63) is 59.9 Å². The summed E-state index contributed by atoms with van der Waals surface area (Å²) in [6.07, 6.45) is 3.43. The molecule has 0 fully saturated rings. The Kier molecular flexibility index (Phi) is 2.37. The minimum absolute atomic E-state index is 0.0828. The van der Waals surface area contributed by atoms with E-state index in [-0.39, 0.29) is 5.56 Å². The van der Waals surface area contributed by atoms with Gasteiger partial charge < -0.3 is 4.40 Å². The van der Waals surface area contributed by atoms with Gasteiger partial charge in [-0.2, -0.15) is 0 Å². The lowest BCUT2D eigenvalue weighted by molar-refractivity contribution is 0.589. The van der Waals surface area contributed by atoms with Crippen molar-refractivity contribution in [2.75, 3.05) is 0 Å². The third-order valence-corrected chi connectivity index (χ3v) is 2.90. The predicted octanol–water partition coefficient (Wildman–Crippen LogP) is 3.59. The molecule has 0 saturated carbocycles. The van der Waals surface area contributed by atoms with Gasteiger partial charge in [0.05, 0.1) is 11.3 Å². The third kappa shape index (κ3) is 1.57. The van der Waals surface area contributed by atoms with Crippen molar-refractivity contribution in [1.29, 1.82) is 0 Å². The van der Waals surface area contributed by atoms with Crippen LogP contribution < -0.4 is 0 Å². The second-order valence-electron chi connectivity index (χ2n) is 4.14. The van der Waals surface area contributed by atoms with Crippen molar-refractivity contribution >= 4 is 5.65 Å². The Morgan fingerprint density at radius 2 is 1.78 bits per heavy atom. The molecule has 2 aromatic heterocycles. The van der Waals surface area contributed by atoms with Crippen molar-refractivity contribution in [3.8, 4) is 11.3 Å². The molecule has 0 bridgehead atoms. The highest BCUT2D eigenvalue weighted by Gasteiger charge is 2.14. The number of hydrogen-bond acceptors (Lipinski definition) is 1. The fourth-order valence-corrected chi connectivity index (χ4v) is 2.02. The number of pyridine rings is 1. The number of imidazole rings is 1. The molecule has 1 aromatic carbocycles. The number of aromatic nitrogens is 2. The largest absolute Gasteiger partial charge is 0.306 e. The average Bonchev–Trinajstić information content (AvgIpc) is 2.74. The van der Waals surface area contributed by atoms with Crippen LogP contribution in [0.4, 0.5) is 8.78 Å². The van der Waals surface area contributed by atoms with Gasteiger partial charge in [0.15, 0.2) is 0 Å². The van der Waals surface area contributed by atoms with Crippen molar-refractivity contribution in [3.63, 3.8) is 0 Å². The molecule has 2 nitrogen and oxygen atoms in total. The van der Waals surface area contributed by atoms with E-state index >= 15 is 0 Å². The summed E-state index contributed by atoms with van der Waals surface area (Å²) in [5, 5.41) is 0. The van der Waals surface area contributed by atoms with Crippen LogP contribution in [0.25, 0.3) is 16.9 Å². The molecule has 0 saturated heterocycles. The van der Waals surface area contributed by atoms with E-state index in [0.29, 0.717) is 11.3 Å². The molecule has 0 aliphatic heterocycles. The van der Waals surface area contributed by atoms with Gasteiger partial charge in [-0.15, -0.1) is 0 Å². The minimum atomic E-state index is -0.601. The number of aryl methyl sites for hydroxylation is 1. The first-order chi connectivity index (χ1) is 8.66. The van der Waals surface area contributed by atoms with Crippen LogP contribution in [0.3, 0.4) is 0 Å². The molecule has 0 N–H and O–H groups in total. The van der Waals surface area contributed by atoms with E-state index in [1.807, 2.05) is 19.1 Å². The zero-order valence-corrected chi connectivity index (χ0v) is 9.69. The first kappa shape index (κ1) is 10.9. The molecule has 3 rings (SSSR count). The van der Waals surface area contributed by atoms with Crippen LogP contribution in [-0.2, 0) is 0 Å². The van der Waals surface area contributed by atoms with Crippen molar-refractivity contribution in [2.24, 2.45) is 0 Å². The lowest BCUT2D eigenvalue weighted by Crippen LogP contribution is -1.89. The zero-order chi connectivity index (χ0) is 12.7. The lowest BCUT2D eigenvalue weighted by atomic mass is 10.1. The summed E-state index contributed by atoms with van der Waals surface area (Å²) >= 11 is 0. The van der Waals surface area contributed by atoms with E-state index in [9.17, 15) is 8.78 Å². The fourth-order valence-electron chi connectivity index (χ4n) is 2.02. The second-order valence-corrected chi connectivity index (χ2v) is 4.14. The number of benzene rings is 1. The smallest absolute Gasteiger partial charge is 0.140 e. The highest BCUT2D eigenvalue weighted by molar-refractivity contribution is 5.65. The molecule has 0 amide bonds. The Morgan fingerprint density at radius 3 is 2.44 bits per heavy atom. The molecule has 0 radical (unpaired) electrons. The molecule has 18 heavy (non-hydrogen) atoms. The SMILES string of the molecule is Cc1cccn2cc(-c3c(F)cccc3F)nc12. The quantitative estimate of drug-likeness (QED) is 0.639. The van der Waals surface area contributed by atoms with E-state index in [4.69, 9.17) is 0 Å². The van der Waals surface area contributed by atoms with Crippen LogP contribution >= 0.6 is 0 Å². The molecule has 0 atom stereocenters. The third-order valence-electron chi connectivity index (χ3n) is 2.90. The molecule has 2 heterocycles. The van der Waals surface area contributed by atoms with Crippen LogP contribution in [0, 0.1) is 18.6 Å². The van der Waals surface area contributed by atoms with Crippen molar-refractivity contribution < 1.29 is 8.78 Å². The first-order valence-electron chi connectivity index (χ1n) is 5.55. The van der Waals surface area contributed by atoms with Gasteiger partial charge in [0.1, 0.15) is 17.3 Å². The fraction of sp³-hybridized carbons (Fsp3) is 0.0714. The Morgan fingerprint density at radius 1 is 1.06 bits per heavy atom. The van der Waals surface area contributed by atoms with Crippen LogP contribution in [0.15, 0.2) is 42.7 Å². The molecule has 90 valence electrons. The predicted molar refractivity (Wildman–Crippen MR) is 65.3 cm³/mol. The number of nitrogens with zero attached hydrogens (tertiary/aromatic N) is 2. The first-order valence-corrected chi connectivity index (χ1v) is 5.55. The van der Waals surface area contributed by atoms with Gasteiger partial charge in [0, 0.05) is 12.4 Å². The van der Waals surface area contributed by atoms with Crippen LogP contribution in [0.5, 0.6) is 0 Å². The van der Waals surface area contributed by atoms with Crippen molar-refractivity contribution in [2.45, 2.75) is 6.92 Å². The van der Waals surface area contributed by atoms with Crippen molar-refractivity contribution in [1.82, 2.24) is 9.38 Å². The van der Waals surface area contributed by atoms with Gasteiger partial charge in [-0.25, -0.2) is 13.8 Å². The van der Waals surface area contributed by atoms with E-state index in [1.54, 1.807) is 16.8 Å². The van der Waals surface area contributed by atoms with Crippen LogP contribution in [0.1, 0.15) is 5.56 Å². The summed E-state index contributed by atoms with van der Waals surface area (Å²) in [7, 11) is 0.